The highest BCUT2D eigenvalue weighted by molar-refractivity contribution is 7.89. The number of sulfonamides is 1. The quantitative estimate of drug-likeness (QED) is 0.858. The summed E-state index contributed by atoms with van der Waals surface area (Å²) in [7, 11) is -4.01. The molecule has 0 aliphatic carbocycles. The second-order valence-corrected chi connectivity index (χ2v) is 7.70. The SMILES string of the molecule is CC1CC(CN)CN1S(=O)(=O)c1ccc(Cl)c(C(F)(F)F)c1.Cl. The van der Waals surface area contributed by atoms with E-state index in [2.05, 4.69) is 0 Å². The van der Waals surface area contributed by atoms with E-state index >= 15 is 0 Å². The molecule has 2 unspecified atom stereocenters. The molecule has 0 aromatic heterocycles. The molecular formula is C13H17Cl2F3N2O2S. The fourth-order valence-corrected chi connectivity index (χ4v) is 4.60. The van der Waals surface area contributed by atoms with Gasteiger partial charge in [0.1, 0.15) is 0 Å². The van der Waals surface area contributed by atoms with E-state index in [0.29, 0.717) is 19.0 Å². The molecule has 1 aromatic rings. The minimum Gasteiger partial charge on any atom is -0.330 e. The predicted molar refractivity (Wildman–Crippen MR) is 84.2 cm³/mol. The first-order chi connectivity index (χ1) is 10.1. The minimum atomic E-state index is -4.71. The van der Waals surface area contributed by atoms with Crippen LogP contribution in [0.15, 0.2) is 23.1 Å². The van der Waals surface area contributed by atoms with Crippen LogP contribution in [-0.4, -0.2) is 31.9 Å². The maximum atomic E-state index is 12.9. The molecule has 0 saturated carbocycles. The smallest absolute Gasteiger partial charge is 0.330 e. The average Bonchev–Trinajstić information content (AvgIpc) is 2.79. The molecule has 1 fully saturated rings. The van der Waals surface area contributed by atoms with E-state index in [1.165, 1.54) is 4.31 Å². The van der Waals surface area contributed by atoms with Gasteiger partial charge < -0.3 is 5.73 Å². The zero-order valence-electron chi connectivity index (χ0n) is 12.2. The fraction of sp³-hybridized carbons (Fsp3) is 0.538. The van der Waals surface area contributed by atoms with Crippen molar-refractivity contribution in [3.8, 4) is 0 Å². The molecule has 0 spiro atoms. The number of benzene rings is 1. The van der Waals surface area contributed by atoms with Crippen LogP contribution in [0.1, 0.15) is 18.9 Å². The maximum absolute atomic E-state index is 12.9. The summed E-state index contributed by atoms with van der Waals surface area (Å²) in [5, 5.41) is -0.527. The molecule has 2 atom stereocenters. The Morgan fingerprint density at radius 1 is 1.39 bits per heavy atom. The molecule has 4 nitrogen and oxygen atoms in total. The van der Waals surface area contributed by atoms with Crippen LogP contribution in [-0.2, 0) is 16.2 Å². The number of rotatable bonds is 3. The number of hydrogen-bond acceptors (Lipinski definition) is 3. The molecule has 0 amide bonds. The predicted octanol–water partition coefficient (Wildman–Crippen LogP) is 3.14. The molecule has 2 rings (SSSR count). The Bertz CT molecular complexity index is 668. The van der Waals surface area contributed by atoms with Gasteiger partial charge in [-0.25, -0.2) is 8.42 Å². The van der Waals surface area contributed by atoms with Crippen molar-refractivity contribution < 1.29 is 21.6 Å². The molecule has 1 aliphatic heterocycles. The summed E-state index contributed by atoms with van der Waals surface area (Å²) in [6.07, 6.45) is -4.12. The highest BCUT2D eigenvalue weighted by atomic mass is 35.5. The molecule has 2 N–H and O–H groups in total. The highest BCUT2D eigenvalue weighted by Crippen LogP contribution is 2.37. The first-order valence-electron chi connectivity index (χ1n) is 6.66. The minimum absolute atomic E-state index is 0. The van der Waals surface area contributed by atoms with Crippen molar-refractivity contribution in [2.45, 2.75) is 30.5 Å². The molecule has 132 valence electrons. The third-order valence-electron chi connectivity index (χ3n) is 3.79. The zero-order chi connectivity index (χ0) is 16.7. The van der Waals surface area contributed by atoms with Gasteiger partial charge in [-0.2, -0.15) is 17.5 Å². The van der Waals surface area contributed by atoms with Gasteiger partial charge in [-0.1, -0.05) is 11.6 Å². The van der Waals surface area contributed by atoms with E-state index in [-0.39, 0.29) is 30.9 Å². The molecule has 23 heavy (non-hydrogen) atoms. The molecule has 0 radical (unpaired) electrons. The van der Waals surface area contributed by atoms with Crippen LogP contribution in [0.5, 0.6) is 0 Å². The average molecular weight is 393 g/mol. The summed E-state index contributed by atoms with van der Waals surface area (Å²) in [5.41, 5.74) is 4.40. The van der Waals surface area contributed by atoms with E-state index in [1.54, 1.807) is 6.92 Å². The van der Waals surface area contributed by atoms with Crippen molar-refractivity contribution in [1.82, 2.24) is 4.31 Å². The number of nitrogens with zero attached hydrogens (tertiary/aromatic N) is 1. The van der Waals surface area contributed by atoms with Gasteiger partial charge >= 0.3 is 6.18 Å². The maximum Gasteiger partial charge on any atom is 0.417 e. The lowest BCUT2D eigenvalue weighted by molar-refractivity contribution is -0.137. The summed E-state index contributed by atoms with van der Waals surface area (Å²) >= 11 is 5.52. The van der Waals surface area contributed by atoms with Crippen LogP contribution < -0.4 is 5.73 Å². The van der Waals surface area contributed by atoms with Gasteiger partial charge in [-0.05, 0) is 44.0 Å². The molecule has 1 heterocycles. The van der Waals surface area contributed by atoms with Gasteiger partial charge in [0.15, 0.2) is 0 Å². The zero-order valence-corrected chi connectivity index (χ0v) is 14.6. The molecule has 1 aromatic carbocycles. The van der Waals surface area contributed by atoms with Crippen LogP contribution in [0.2, 0.25) is 5.02 Å². The number of alkyl halides is 3. The standard InChI is InChI=1S/C13H16ClF3N2O2S.ClH/c1-8-4-9(6-18)7-19(8)22(20,21)10-2-3-12(14)11(5-10)13(15,16)17;/h2-3,5,8-9H,4,6-7,18H2,1H3;1H. The third kappa shape index (κ3) is 4.11. The van der Waals surface area contributed by atoms with Gasteiger partial charge in [-0.3, -0.25) is 0 Å². The van der Waals surface area contributed by atoms with Crippen molar-refractivity contribution >= 4 is 34.0 Å². The summed E-state index contributed by atoms with van der Waals surface area (Å²) in [6.45, 7) is 2.27. The molecule has 10 heteroatoms. The number of nitrogens with two attached hydrogens (primary N) is 1. The summed E-state index contributed by atoms with van der Waals surface area (Å²) in [6, 6.07) is 2.33. The van der Waals surface area contributed by atoms with E-state index in [4.69, 9.17) is 17.3 Å². The van der Waals surface area contributed by atoms with Crippen LogP contribution in [0.4, 0.5) is 13.2 Å². The number of halogens is 5. The van der Waals surface area contributed by atoms with E-state index in [9.17, 15) is 21.6 Å². The van der Waals surface area contributed by atoms with Crippen LogP contribution in [0, 0.1) is 5.92 Å². The lowest BCUT2D eigenvalue weighted by Crippen LogP contribution is -2.34. The van der Waals surface area contributed by atoms with Gasteiger partial charge in [0.2, 0.25) is 10.0 Å². The molecule has 1 saturated heterocycles. The molecule has 0 bridgehead atoms. The Labute approximate surface area is 144 Å². The molecular weight excluding hydrogens is 376 g/mol. The second-order valence-electron chi connectivity index (χ2n) is 5.40. The Morgan fingerprint density at radius 3 is 2.48 bits per heavy atom. The lowest BCUT2D eigenvalue weighted by atomic mass is 10.1. The van der Waals surface area contributed by atoms with Crippen LogP contribution >= 0.6 is 24.0 Å². The summed E-state index contributed by atoms with van der Waals surface area (Å²) in [4.78, 5) is -0.409. The van der Waals surface area contributed by atoms with Crippen LogP contribution in [0.25, 0.3) is 0 Å². The molecule has 1 aliphatic rings. The van der Waals surface area contributed by atoms with E-state index in [0.717, 1.165) is 12.1 Å². The Balaban J connectivity index is 0.00000264. The van der Waals surface area contributed by atoms with Gasteiger partial charge in [-0.15, -0.1) is 12.4 Å². The van der Waals surface area contributed by atoms with Crippen molar-refractivity contribution in [3.05, 3.63) is 28.8 Å². The number of hydrogen-bond donors (Lipinski definition) is 1. The van der Waals surface area contributed by atoms with E-state index in [1.807, 2.05) is 0 Å². The van der Waals surface area contributed by atoms with Gasteiger partial charge in [0.05, 0.1) is 15.5 Å². The lowest BCUT2D eigenvalue weighted by Gasteiger charge is -2.22. The summed E-state index contributed by atoms with van der Waals surface area (Å²) in [5.74, 6) is 0.0131. The first-order valence-corrected chi connectivity index (χ1v) is 8.48. The van der Waals surface area contributed by atoms with Crippen molar-refractivity contribution in [3.63, 3.8) is 0 Å². The third-order valence-corrected chi connectivity index (χ3v) is 6.09. The Kier molecular flexibility index (Phi) is 6.37. The second kappa shape index (κ2) is 7.14. The van der Waals surface area contributed by atoms with Crippen molar-refractivity contribution in [2.75, 3.05) is 13.1 Å². The first kappa shape index (κ1) is 20.5. The highest BCUT2D eigenvalue weighted by Gasteiger charge is 2.39. The van der Waals surface area contributed by atoms with Gasteiger partial charge in [0, 0.05) is 12.6 Å². The van der Waals surface area contributed by atoms with Gasteiger partial charge in [0.25, 0.3) is 0 Å². The van der Waals surface area contributed by atoms with Crippen LogP contribution in [0.3, 0.4) is 0 Å². The Hall–Kier alpha value is -0.540. The fourth-order valence-electron chi connectivity index (χ4n) is 2.63. The van der Waals surface area contributed by atoms with E-state index < -0.39 is 31.7 Å². The topological polar surface area (TPSA) is 63.4 Å². The van der Waals surface area contributed by atoms with Crippen molar-refractivity contribution in [1.29, 1.82) is 0 Å². The summed E-state index contributed by atoms with van der Waals surface area (Å²) < 4.78 is 65.0. The largest absolute Gasteiger partial charge is 0.417 e. The van der Waals surface area contributed by atoms with Crippen molar-refractivity contribution in [2.24, 2.45) is 11.7 Å². The monoisotopic (exact) mass is 392 g/mol. The Morgan fingerprint density at radius 2 is 2.00 bits per heavy atom. The normalized spacial score (nSPS) is 22.9.